The van der Waals surface area contributed by atoms with Gasteiger partial charge in [-0.2, -0.15) is 18.4 Å². The molecule has 212 valence electrons. The molecule has 0 heterocycles. The minimum absolute atomic E-state index is 0.107. The lowest BCUT2D eigenvalue weighted by Crippen LogP contribution is -2.24. The molecule has 0 saturated heterocycles. The van der Waals surface area contributed by atoms with Crippen LogP contribution < -0.4 is 0 Å². The van der Waals surface area contributed by atoms with E-state index >= 15 is 0 Å². The predicted octanol–water partition coefficient (Wildman–Crippen LogP) is 8.40. The van der Waals surface area contributed by atoms with Crippen molar-refractivity contribution in [2.75, 3.05) is 19.8 Å². The van der Waals surface area contributed by atoms with Gasteiger partial charge in [0.1, 0.15) is 11.9 Å². The molecular formula is C29H45F4NO3. The molecule has 1 atom stereocenters. The fraction of sp³-hybridized carbons (Fsp3) is 0.759. The highest BCUT2D eigenvalue weighted by atomic mass is 19.4. The second-order valence-electron chi connectivity index (χ2n) is 9.82. The summed E-state index contributed by atoms with van der Waals surface area (Å²) in [5.41, 5.74) is 0.785. The van der Waals surface area contributed by atoms with E-state index in [0.29, 0.717) is 18.6 Å². The van der Waals surface area contributed by atoms with Crippen LogP contribution in [0.4, 0.5) is 17.6 Å². The molecule has 0 aliphatic carbocycles. The molecule has 0 bridgehead atoms. The van der Waals surface area contributed by atoms with Crippen LogP contribution in [0.1, 0.15) is 114 Å². The van der Waals surface area contributed by atoms with Crippen molar-refractivity contribution in [1.82, 2.24) is 0 Å². The lowest BCUT2D eigenvalue weighted by atomic mass is 10.0. The quantitative estimate of drug-likeness (QED) is 0.114. The van der Waals surface area contributed by atoms with E-state index in [-0.39, 0.29) is 31.8 Å². The predicted molar refractivity (Wildman–Crippen MR) is 138 cm³/mol. The molecule has 1 aromatic carbocycles. The van der Waals surface area contributed by atoms with Crippen molar-refractivity contribution in [2.45, 2.75) is 122 Å². The molecule has 0 fully saturated rings. The number of ether oxygens (including phenoxy) is 2. The van der Waals surface area contributed by atoms with Gasteiger partial charge in [-0.05, 0) is 36.6 Å². The third kappa shape index (κ3) is 20.0. The molecular weight excluding hydrogens is 486 g/mol. The van der Waals surface area contributed by atoms with Gasteiger partial charge in [-0.25, -0.2) is 4.39 Å². The molecule has 1 unspecified atom stereocenters. The Labute approximate surface area is 220 Å². The highest BCUT2D eigenvalue weighted by Crippen LogP contribution is 2.23. The summed E-state index contributed by atoms with van der Waals surface area (Å²) in [6, 6.07) is 5.96. The maximum absolute atomic E-state index is 13.5. The molecule has 0 radical (unpaired) electrons. The van der Waals surface area contributed by atoms with Crippen molar-refractivity contribution >= 4 is 0 Å². The summed E-state index contributed by atoms with van der Waals surface area (Å²) in [6.07, 6.45) is 10.8. The van der Waals surface area contributed by atoms with Gasteiger partial charge in [-0.1, -0.05) is 83.5 Å². The molecule has 37 heavy (non-hydrogen) atoms. The minimum Gasteiger partial charge on any atom is -0.394 e. The van der Waals surface area contributed by atoms with Gasteiger partial charge in [-0.15, -0.1) is 0 Å². The largest absolute Gasteiger partial charge is 0.394 e. The van der Waals surface area contributed by atoms with E-state index in [4.69, 9.17) is 14.7 Å². The second-order valence-corrected chi connectivity index (χ2v) is 9.82. The number of nitrogens with zero attached hydrogens (tertiary/aromatic N) is 1. The Morgan fingerprint density at radius 1 is 0.784 bits per heavy atom. The Bertz CT molecular complexity index is 737. The smallest absolute Gasteiger partial charge is 0.389 e. The maximum atomic E-state index is 13.5. The van der Waals surface area contributed by atoms with Gasteiger partial charge in [0.25, 0.3) is 0 Å². The van der Waals surface area contributed by atoms with Gasteiger partial charge in [0.05, 0.1) is 31.5 Å². The Morgan fingerprint density at radius 2 is 1.30 bits per heavy atom. The van der Waals surface area contributed by atoms with E-state index in [9.17, 15) is 22.7 Å². The Balaban J connectivity index is 1.86. The van der Waals surface area contributed by atoms with E-state index in [2.05, 4.69) is 0 Å². The van der Waals surface area contributed by atoms with Crippen molar-refractivity contribution in [1.29, 1.82) is 5.26 Å². The van der Waals surface area contributed by atoms with Crippen molar-refractivity contribution in [2.24, 2.45) is 0 Å². The van der Waals surface area contributed by atoms with E-state index in [1.807, 2.05) is 6.07 Å². The number of hydrogen-bond donors (Lipinski definition) is 1. The van der Waals surface area contributed by atoms with Crippen LogP contribution >= 0.6 is 0 Å². The summed E-state index contributed by atoms with van der Waals surface area (Å²) in [7, 11) is 0. The zero-order valence-corrected chi connectivity index (χ0v) is 22.2. The highest BCUT2D eigenvalue weighted by Gasteiger charge is 2.25. The van der Waals surface area contributed by atoms with Crippen LogP contribution in [-0.2, 0) is 16.1 Å². The van der Waals surface area contributed by atoms with Crippen LogP contribution in [-0.4, -0.2) is 37.2 Å². The van der Waals surface area contributed by atoms with Crippen LogP contribution in [0.2, 0.25) is 0 Å². The molecule has 1 rings (SSSR count). The lowest BCUT2D eigenvalue weighted by molar-refractivity contribution is -0.135. The van der Waals surface area contributed by atoms with E-state index < -0.39 is 24.5 Å². The SMILES string of the molecule is N#Cc1cc(F)cc(COC(CO)COCCCCCCCCCCCCCCCCCC(F)(F)F)c1. The topological polar surface area (TPSA) is 62.5 Å². The number of halogens is 4. The third-order valence-corrected chi connectivity index (χ3v) is 6.33. The molecule has 0 aromatic heterocycles. The minimum atomic E-state index is -4.00. The number of aliphatic hydroxyl groups is 1. The van der Waals surface area contributed by atoms with Crippen molar-refractivity contribution in [3.8, 4) is 6.07 Å². The summed E-state index contributed by atoms with van der Waals surface area (Å²) >= 11 is 0. The van der Waals surface area contributed by atoms with Gasteiger partial charge in [0, 0.05) is 13.0 Å². The fourth-order valence-electron chi connectivity index (χ4n) is 4.21. The molecule has 1 N–H and O–H groups in total. The zero-order valence-electron chi connectivity index (χ0n) is 22.2. The zero-order chi connectivity index (χ0) is 27.2. The van der Waals surface area contributed by atoms with Crippen LogP contribution in [0.25, 0.3) is 0 Å². The number of unbranched alkanes of at least 4 members (excludes halogenated alkanes) is 14. The average Bonchev–Trinajstić information content (AvgIpc) is 2.86. The number of aliphatic hydroxyl groups excluding tert-OH is 1. The van der Waals surface area contributed by atoms with Gasteiger partial charge < -0.3 is 14.6 Å². The number of nitriles is 1. The van der Waals surface area contributed by atoms with Gasteiger partial charge in [0.2, 0.25) is 0 Å². The first-order valence-corrected chi connectivity index (χ1v) is 13.9. The van der Waals surface area contributed by atoms with Gasteiger partial charge >= 0.3 is 6.18 Å². The Morgan fingerprint density at radius 3 is 1.78 bits per heavy atom. The Hall–Kier alpha value is -1.69. The highest BCUT2D eigenvalue weighted by molar-refractivity contribution is 5.33. The second kappa shape index (κ2) is 21.3. The monoisotopic (exact) mass is 531 g/mol. The summed E-state index contributed by atoms with van der Waals surface area (Å²) in [5, 5.41) is 18.4. The lowest BCUT2D eigenvalue weighted by Gasteiger charge is -2.16. The van der Waals surface area contributed by atoms with E-state index in [1.165, 1.54) is 63.5 Å². The first-order valence-electron chi connectivity index (χ1n) is 13.9. The average molecular weight is 532 g/mol. The van der Waals surface area contributed by atoms with Crippen LogP contribution in [0.5, 0.6) is 0 Å². The fourth-order valence-corrected chi connectivity index (χ4v) is 4.21. The van der Waals surface area contributed by atoms with Crippen LogP contribution in [0.3, 0.4) is 0 Å². The maximum Gasteiger partial charge on any atom is 0.389 e. The summed E-state index contributed by atoms with van der Waals surface area (Å²) < 4.78 is 60.9. The standard InChI is InChI=1S/C29H45F4NO3/c30-27-19-25(21-34)18-26(20-27)23-37-28(22-35)24-36-17-15-13-11-9-7-5-3-1-2-4-6-8-10-12-14-16-29(31,32)33/h18-20,28,35H,1-17,22-24H2. The van der Waals surface area contributed by atoms with Crippen molar-refractivity contribution in [3.63, 3.8) is 0 Å². The summed E-state index contributed by atoms with van der Waals surface area (Å²) in [5.74, 6) is -0.485. The van der Waals surface area contributed by atoms with E-state index in [0.717, 1.165) is 32.1 Å². The number of benzene rings is 1. The van der Waals surface area contributed by atoms with Gasteiger partial charge in [0.15, 0.2) is 0 Å². The van der Waals surface area contributed by atoms with Crippen molar-refractivity contribution < 1.29 is 32.1 Å². The number of hydrogen-bond acceptors (Lipinski definition) is 4. The number of rotatable bonds is 23. The Kier molecular flexibility index (Phi) is 19.2. The summed E-state index contributed by atoms with van der Waals surface area (Å²) in [4.78, 5) is 0. The molecule has 0 saturated carbocycles. The molecule has 0 spiro atoms. The molecule has 0 aliphatic rings. The van der Waals surface area contributed by atoms with Gasteiger partial charge in [-0.3, -0.25) is 0 Å². The van der Waals surface area contributed by atoms with Crippen molar-refractivity contribution in [3.05, 3.63) is 35.1 Å². The van der Waals surface area contributed by atoms with Crippen LogP contribution in [0.15, 0.2) is 18.2 Å². The van der Waals surface area contributed by atoms with E-state index in [1.54, 1.807) is 6.07 Å². The molecule has 8 heteroatoms. The molecule has 0 amide bonds. The molecule has 1 aromatic rings. The normalized spacial score (nSPS) is 12.5. The number of alkyl halides is 3. The first kappa shape index (κ1) is 33.3. The third-order valence-electron chi connectivity index (χ3n) is 6.33. The molecule has 0 aliphatic heterocycles. The first-order chi connectivity index (χ1) is 17.8. The van der Waals surface area contributed by atoms with Crippen LogP contribution in [0, 0.1) is 17.1 Å². The summed E-state index contributed by atoms with van der Waals surface area (Å²) in [6.45, 7) is 0.802. The molecule has 4 nitrogen and oxygen atoms in total.